The molecule has 1 N–H and O–H groups in total. The van der Waals surface area contributed by atoms with E-state index in [1.807, 2.05) is 12.1 Å². The lowest BCUT2D eigenvalue weighted by Gasteiger charge is -2.34. The minimum atomic E-state index is -0.752. The molecule has 164 valence electrons. The Morgan fingerprint density at radius 2 is 1.87 bits per heavy atom. The van der Waals surface area contributed by atoms with Gasteiger partial charge in [0.05, 0.1) is 17.6 Å². The van der Waals surface area contributed by atoms with Crippen LogP contribution in [0.5, 0.6) is 0 Å². The predicted octanol–water partition coefficient (Wildman–Crippen LogP) is 1.85. The molecule has 10 nitrogen and oxygen atoms in total. The highest BCUT2D eigenvalue weighted by Crippen LogP contribution is 2.19. The van der Waals surface area contributed by atoms with Gasteiger partial charge in [0.15, 0.2) is 0 Å². The zero-order valence-electron chi connectivity index (χ0n) is 17.5. The molecular formula is C21H25N5O5. The number of non-ortho nitro benzene ring substituents is 1. The monoisotopic (exact) mass is 427 g/mol. The van der Waals surface area contributed by atoms with E-state index in [4.69, 9.17) is 0 Å². The van der Waals surface area contributed by atoms with Gasteiger partial charge in [0.25, 0.3) is 11.6 Å². The summed E-state index contributed by atoms with van der Waals surface area (Å²) < 4.78 is 4.60. The summed E-state index contributed by atoms with van der Waals surface area (Å²) in [5.41, 5.74) is 0.383. The second kappa shape index (κ2) is 9.98. The van der Waals surface area contributed by atoms with Crippen LogP contribution in [0.25, 0.3) is 0 Å². The number of piperazine rings is 1. The number of hydrogen-bond acceptors (Lipinski definition) is 8. The number of methoxy groups -OCH3 is 1. The third kappa shape index (κ3) is 5.54. The van der Waals surface area contributed by atoms with Crippen molar-refractivity contribution in [1.82, 2.24) is 15.2 Å². The smallest absolute Gasteiger partial charge is 0.338 e. The Bertz CT molecular complexity index is 955. The van der Waals surface area contributed by atoms with Gasteiger partial charge in [-0.25, -0.2) is 9.78 Å². The van der Waals surface area contributed by atoms with Crippen molar-refractivity contribution >= 4 is 23.4 Å². The summed E-state index contributed by atoms with van der Waals surface area (Å²) in [5, 5.41) is 13.8. The van der Waals surface area contributed by atoms with E-state index in [9.17, 15) is 19.7 Å². The fourth-order valence-electron chi connectivity index (χ4n) is 3.37. The van der Waals surface area contributed by atoms with Crippen LogP contribution >= 0.6 is 0 Å². The summed E-state index contributed by atoms with van der Waals surface area (Å²) in [6, 6.07) is 7.28. The molecule has 1 aromatic heterocycles. The van der Waals surface area contributed by atoms with Crippen molar-refractivity contribution in [3.05, 3.63) is 63.3 Å². The normalized spacial score (nSPS) is 14.2. The lowest BCUT2D eigenvalue weighted by molar-refractivity contribution is -0.384. The SMILES string of the molecule is CCN1CCN(c2ccc(CNC(=O)c3cc(C(=O)OC)cc([N+](=O)[O-])c3)cn2)CC1. The first-order valence-electron chi connectivity index (χ1n) is 9.99. The summed E-state index contributed by atoms with van der Waals surface area (Å²) in [6.45, 7) is 7.26. The number of anilines is 1. The van der Waals surface area contributed by atoms with Gasteiger partial charge in [0.1, 0.15) is 5.82 Å². The fraction of sp³-hybridized carbons (Fsp3) is 0.381. The van der Waals surface area contributed by atoms with Crippen LogP contribution < -0.4 is 10.2 Å². The Morgan fingerprint density at radius 1 is 1.16 bits per heavy atom. The number of nitro groups is 1. The number of nitrogens with one attached hydrogen (secondary N) is 1. The van der Waals surface area contributed by atoms with Crippen molar-refractivity contribution < 1.29 is 19.2 Å². The van der Waals surface area contributed by atoms with Crippen molar-refractivity contribution in [1.29, 1.82) is 0 Å². The maximum Gasteiger partial charge on any atom is 0.338 e. The van der Waals surface area contributed by atoms with Crippen LogP contribution in [0, 0.1) is 10.1 Å². The predicted molar refractivity (Wildman–Crippen MR) is 114 cm³/mol. The third-order valence-corrected chi connectivity index (χ3v) is 5.22. The number of pyridine rings is 1. The van der Waals surface area contributed by atoms with Gasteiger partial charge in [0.2, 0.25) is 0 Å². The Labute approximate surface area is 180 Å². The lowest BCUT2D eigenvalue weighted by Crippen LogP contribution is -2.46. The molecule has 1 aliphatic rings. The largest absolute Gasteiger partial charge is 0.465 e. The molecule has 31 heavy (non-hydrogen) atoms. The molecule has 0 aliphatic carbocycles. The number of ether oxygens (including phenoxy) is 1. The van der Waals surface area contributed by atoms with Gasteiger partial charge in [-0.2, -0.15) is 0 Å². The van der Waals surface area contributed by atoms with Gasteiger partial charge in [-0.05, 0) is 24.2 Å². The summed E-state index contributed by atoms with van der Waals surface area (Å²) >= 11 is 0. The number of esters is 1. The van der Waals surface area contributed by atoms with E-state index in [1.165, 1.54) is 13.2 Å². The standard InChI is InChI=1S/C21H25N5O5/c1-3-24-6-8-25(9-7-24)19-5-4-15(13-22-19)14-23-20(27)16-10-17(21(28)31-2)12-18(11-16)26(29)30/h4-5,10-13H,3,6-9,14H2,1-2H3,(H,23,27). The number of nitrogens with zero attached hydrogens (tertiary/aromatic N) is 4. The van der Waals surface area contributed by atoms with Crippen molar-refractivity contribution in [3.63, 3.8) is 0 Å². The second-order valence-electron chi connectivity index (χ2n) is 7.15. The van der Waals surface area contributed by atoms with E-state index in [-0.39, 0.29) is 23.4 Å². The number of benzene rings is 1. The highest BCUT2D eigenvalue weighted by Gasteiger charge is 2.19. The zero-order valence-corrected chi connectivity index (χ0v) is 17.5. The minimum Gasteiger partial charge on any atom is -0.465 e. The van der Waals surface area contributed by atoms with Gasteiger partial charge in [-0.1, -0.05) is 13.0 Å². The first-order chi connectivity index (χ1) is 14.9. The van der Waals surface area contributed by atoms with Crippen LogP contribution in [-0.4, -0.2) is 66.5 Å². The van der Waals surface area contributed by atoms with Gasteiger partial charge >= 0.3 is 5.97 Å². The van der Waals surface area contributed by atoms with Crippen LogP contribution in [-0.2, 0) is 11.3 Å². The summed E-state index contributed by atoms with van der Waals surface area (Å²) in [5.74, 6) is -0.391. The molecular weight excluding hydrogens is 402 g/mol. The van der Waals surface area contributed by atoms with Crippen molar-refractivity contribution in [2.24, 2.45) is 0 Å². The van der Waals surface area contributed by atoms with E-state index < -0.39 is 16.8 Å². The molecule has 1 saturated heterocycles. The molecule has 1 fully saturated rings. The second-order valence-corrected chi connectivity index (χ2v) is 7.15. The average molecular weight is 427 g/mol. The molecule has 0 bridgehead atoms. The number of carbonyl (C=O) groups is 2. The van der Waals surface area contributed by atoms with Gasteiger partial charge < -0.3 is 19.9 Å². The van der Waals surface area contributed by atoms with E-state index in [2.05, 4.69) is 31.8 Å². The quantitative estimate of drug-likeness (QED) is 0.404. The summed E-state index contributed by atoms with van der Waals surface area (Å²) in [7, 11) is 1.17. The molecule has 2 heterocycles. The zero-order chi connectivity index (χ0) is 22.4. The molecule has 0 atom stereocenters. The Balaban J connectivity index is 1.63. The van der Waals surface area contributed by atoms with Crippen LogP contribution in [0.2, 0.25) is 0 Å². The average Bonchev–Trinajstić information content (AvgIpc) is 2.82. The van der Waals surface area contributed by atoms with Crippen molar-refractivity contribution in [2.75, 3.05) is 44.7 Å². The van der Waals surface area contributed by atoms with Crippen molar-refractivity contribution in [3.8, 4) is 0 Å². The van der Waals surface area contributed by atoms with Crippen molar-refractivity contribution in [2.45, 2.75) is 13.5 Å². The Kier molecular flexibility index (Phi) is 7.14. The minimum absolute atomic E-state index is 0.00738. The Hall–Kier alpha value is -3.53. The van der Waals surface area contributed by atoms with Gasteiger partial charge in [-0.15, -0.1) is 0 Å². The van der Waals surface area contributed by atoms with Gasteiger partial charge in [-0.3, -0.25) is 14.9 Å². The van der Waals surface area contributed by atoms with E-state index in [0.29, 0.717) is 0 Å². The van der Waals surface area contributed by atoms with Gasteiger partial charge in [0, 0.05) is 56.6 Å². The maximum absolute atomic E-state index is 12.5. The van der Waals surface area contributed by atoms with Crippen LogP contribution in [0.3, 0.4) is 0 Å². The first-order valence-corrected chi connectivity index (χ1v) is 9.99. The highest BCUT2D eigenvalue weighted by molar-refractivity contribution is 5.98. The third-order valence-electron chi connectivity index (χ3n) is 5.22. The molecule has 3 rings (SSSR count). The van der Waals surface area contributed by atoms with Crippen LogP contribution in [0.15, 0.2) is 36.5 Å². The lowest BCUT2D eigenvalue weighted by atomic mass is 10.1. The number of amides is 1. The van der Waals surface area contributed by atoms with E-state index in [1.54, 1.807) is 6.20 Å². The van der Waals surface area contributed by atoms with Crippen LogP contribution in [0.4, 0.5) is 11.5 Å². The molecule has 2 aromatic rings. The molecule has 0 radical (unpaired) electrons. The number of rotatable bonds is 7. The topological polar surface area (TPSA) is 118 Å². The number of aromatic nitrogens is 1. The molecule has 1 amide bonds. The molecule has 10 heteroatoms. The van der Waals surface area contributed by atoms with E-state index >= 15 is 0 Å². The first kappa shape index (κ1) is 22.2. The Morgan fingerprint density at radius 3 is 2.45 bits per heavy atom. The summed E-state index contributed by atoms with van der Waals surface area (Å²) in [6.07, 6.45) is 1.70. The molecule has 1 aliphatic heterocycles. The molecule has 0 unspecified atom stereocenters. The fourth-order valence-corrected chi connectivity index (χ4v) is 3.37. The molecule has 1 aromatic carbocycles. The number of nitro benzene ring substituents is 1. The summed E-state index contributed by atoms with van der Waals surface area (Å²) in [4.78, 5) is 43.8. The number of likely N-dealkylation sites (N-methyl/N-ethyl adjacent to an activating group) is 1. The number of carbonyl (C=O) groups excluding carboxylic acids is 2. The maximum atomic E-state index is 12.5. The van der Waals surface area contributed by atoms with E-state index in [0.717, 1.165) is 56.2 Å². The van der Waals surface area contributed by atoms with Crippen LogP contribution in [0.1, 0.15) is 33.2 Å². The highest BCUT2D eigenvalue weighted by atomic mass is 16.6. The molecule has 0 spiro atoms. The molecule has 0 saturated carbocycles. The number of hydrogen-bond donors (Lipinski definition) is 1.